The van der Waals surface area contributed by atoms with Gasteiger partial charge in [0.2, 0.25) is 0 Å². The van der Waals surface area contributed by atoms with Crippen molar-refractivity contribution < 1.29 is 45.0 Å². The fourth-order valence-corrected chi connectivity index (χ4v) is 2.69. The lowest BCUT2D eigenvalue weighted by atomic mass is 9.79. The first-order valence-corrected chi connectivity index (χ1v) is 7.82. The second-order valence-electron chi connectivity index (χ2n) is 6.19. The summed E-state index contributed by atoms with van der Waals surface area (Å²) in [5.41, 5.74) is -1.77. The highest BCUT2D eigenvalue weighted by atomic mass is 16.6. The van der Waals surface area contributed by atoms with Gasteiger partial charge >= 0.3 is 11.9 Å². The maximum Gasteiger partial charge on any atom is 0.335 e. The number of aliphatic hydroxyl groups excluding tert-OH is 2. The van der Waals surface area contributed by atoms with E-state index in [1.54, 1.807) is 0 Å². The molecule has 2 rings (SSSR count). The van der Waals surface area contributed by atoms with Crippen molar-refractivity contribution in [2.45, 2.75) is 43.2 Å². The third-order valence-corrected chi connectivity index (χ3v) is 4.14. The molecule has 142 valence electrons. The van der Waals surface area contributed by atoms with Gasteiger partial charge in [-0.3, -0.25) is 4.79 Å². The lowest BCUT2D eigenvalue weighted by Crippen LogP contribution is -2.57. The van der Waals surface area contributed by atoms with Crippen LogP contribution in [-0.2, 0) is 14.3 Å². The third-order valence-electron chi connectivity index (χ3n) is 4.14. The molecule has 0 aliphatic heterocycles. The van der Waals surface area contributed by atoms with Gasteiger partial charge in [0, 0.05) is 12.8 Å². The van der Waals surface area contributed by atoms with E-state index in [1.165, 1.54) is 30.4 Å². The van der Waals surface area contributed by atoms with Gasteiger partial charge in [-0.1, -0.05) is 18.2 Å². The number of phenols is 2. The molecular formula is C17H20O9. The summed E-state index contributed by atoms with van der Waals surface area (Å²) in [7, 11) is 0. The second-order valence-corrected chi connectivity index (χ2v) is 6.19. The van der Waals surface area contributed by atoms with Crippen molar-refractivity contribution in [1.82, 2.24) is 0 Å². The number of hydrogen-bond acceptors (Lipinski definition) is 8. The Kier molecular flexibility index (Phi) is 5.86. The smallest absolute Gasteiger partial charge is 0.335 e. The largest absolute Gasteiger partial charge is 0.504 e. The van der Waals surface area contributed by atoms with E-state index in [0.29, 0.717) is 5.56 Å². The Morgan fingerprint density at radius 3 is 2.50 bits per heavy atom. The molecule has 0 bridgehead atoms. The lowest BCUT2D eigenvalue weighted by molar-refractivity contribution is -0.197. The average Bonchev–Trinajstić information content (AvgIpc) is 2.55. The Morgan fingerprint density at radius 2 is 1.88 bits per heavy atom. The quantitative estimate of drug-likeness (QED) is 0.303. The van der Waals surface area contributed by atoms with Crippen LogP contribution in [0.2, 0.25) is 0 Å². The molecule has 1 aromatic rings. The number of hydrogen-bond donors (Lipinski definition) is 6. The predicted octanol–water partition coefficient (Wildman–Crippen LogP) is -0.256. The van der Waals surface area contributed by atoms with Crippen molar-refractivity contribution in [3.05, 3.63) is 29.8 Å². The van der Waals surface area contributed by atoms with Crippen molar-refractivity contribution in [2.24, 2.45) is 0 Å². The molecular weight excluding hydrogens is 348 g/mol. The highest BCUT2D eigenvalue weighted by molar-refractivity contribution is 5.78. The molecule has 9 heteroatoms. The van der Waals surface area contributed by atoms with Crippen molar-refractivity contribution >= 4 is 18.0 Å². The zero-order valence-electron chi connectivity index (χ0n) is 13.6. The number of carbonyl (C=O) groups is 2. The number of phenolic OH excluding ortho intramolecular Hbond substituents is 2. The van der Waals surface area contributed by atoms with Gasteiger partial charge in [0.1, 0.15) is 12.2 Å². The molecule has 0 heterocycles. The molecule has 0 spiro atoms. The van der Waals surface area contributed by atoms with Gasteiger partial charge in [-0.15, -0.1) is 0 Å². The number of benzene rings is 1. The molecule has 1 fully saturated rings. The molecule has 1 saturated carbocycles. The monoisotopic (exact) mass is 368 g/mol. The zero-order valence-corrected chi connectivity index (χ0v) is 13.6. The summed E-state index contributed by atoms with van der Waals surface area (Å²) < 4.78 is 4.99. The van der Waals surface area contributed by atoms with E-state index in [4.69, 9.17) is 9.84 Å². The number of carboxylic acids is 1. The van der Waals surface area contributed by atoms with E-state index in [1.807, 2.05) is 0 Å². The number of esters is 1. The van der Waals surface area contributed by atoms with Gasteiger partial charge < -0.3 is 35.4 Å². The standard InChI is InChI=1S/C17H20O9/c18-10-5-4-9(6-11(10)19)2-1-3-14(21)26-13-8-17(25,16(23)24)7-12(20)15(13)22/h1-2,4-6,12-13,15,18-20,22,25H,3,7-8H2,(H,23,24)/b2-1+/t12-,13+,15+,17-/m0/s1. The van der Waals surface area contributed by atoms with Gasteiger partial charge in [-0.25, -0.2) is 4.79 Å². The number of ether oxygens (including phenoxy) is 1. The van der Waals surface area contributed by atoms with Crippen LogP contribution >= 0.6 is 0 Å². The number of rotatable bonds is 5. The van der Waals surface area contributed by atoms with E-state index < -0.39 is 48.7 Å². The summed E-state index contributed by atoms with van der Waals surface area (Å²) in [4.78, 5) is 23.0. The molecule has 4 atom stereocenters. The van der Waals surface area contributed by atoms with Gasteiger partial charge in [0.25, 0.3) is 0 Å². The minimum absolute atomic E-state index is 0.230. The number of aliphatic carboxylic acids is 1. The fourth-order valence-electron chi connectivity index (χ4n) is 2.69. The maximum absolute atomic E-state index is 11.9. The van der Waals surface area contributed by atoms with Crippen LogP contribution in [0.5, 0.6) is 11.5 Å². The van der Waals surface area contributed by atoms with Gasteiger partial charge in [-0.2, -0.15) is 0 Å². The minimum Gasteiger partial charge on any atom is -0.504 e. The van der Waals surface area contributed by atoms with Gasteiger partial charge in [0.05, 0.1) is 12.5 Å². The lowest BCUT2D eigenvalue weighted by Gasteiger charge is -2.39. The van der Waals surface area contributed by atoms with E-state index in [-0.39, 0.29) is 17.9 Å². The van der Waals surface area contributed by atoms with Gasteiger partial charge in [-0.05, 0) is 17.7 Å². The summed E-state index contributed by atoms with van der Waals surface area (Å²) >= 11 is 0. The average molecular weight is 368 g/mol. The second kappa shape index (κ2) is 7.73. The topological polar surface area (TPSA) is 165 Å². The maximum atomic E-state index is 11.9. The Morgan fingerprint density at radius 1 is 1.19 bits per heavy atom. The van der Waals surface area contributed by atoms with Crippen LogP contribution in [0.1, 0.15) is 24.8 Å². The first kappa shape index (κ1) is 19.7. The molecule has 1 aliphatic carbocycles. The van der Waals surface area contributed by atoms with Crippen LogP contribution < -0.4 is 0 Å². The highest BCUT2D eigenvalue weighted by Gasteiger charge is 2.50. The number of aliphatic hydroxyl groups is 3. The fraction of sp³-hybridized carbons (Fsp3) is 0.412. The van der Waals surface area contributed by atoms with Crippen LogP contribution in [0.3, 0.4) is 0 Å². The molecule has 9 nitrogen and oxygen atoms in total. The molecule has 0 radical (unpaired) electrons. The SMILES string of the molecule is O=C(C/C=C/c1ccc(O)c(O)c1)O[C@@H]1C[C@](O)(C(=O)O)C[C@H](O)[C@H]1O. The summed E-state index contributed by atoms with van der Waals surface area (Å²) in [5, 5.41) is 57.1. The van der Waals surface area contributed by atoms with E-state index in [0.717, 1.165) is 0 Å². The first-order chi connectivity index (χ1) is 12.1. The molecule has 0 unspecified atom stereocenters. The Bertz CT molecular complexity index is 714. The molecule has 0 aromatic heterocycles. The molecule has 26 heavy (non-hydrogen) atoms. The minimum atomic E-state index is -2.29. The number of carboxylic acid groups (broad SMARTS) is 1. The summed E-state index contributed by atoms with van der Waals surface area (Å²) in [6.45, 7) is 0. The van der Waals surface area contributed by atoms with E-state index >= 15 is 0 Å². The van der Waals surface area contributed by atoms with Crippen LogP contribution in [0, 0.1) is 0 Å². The Balaban J connectivity index is 1.96. The summed E-state index contributed by atoms with van der Waals surface area (Å²) in [5.74, 6) is -2.97. The molecule has 1 aliphatic rings. The van der Waals surface area contributed by atoms with E-state index in [9.17, 15) is 35.1 Å². The molecule has 1 aromatic carbocycles. The van der Waals surface area contributed by atoms with Crippen LogP contribution in [-0.4, -0.2) is 66.5 Å². The third kappa shape index (κ3) is 4.51. The van der Waals surface area contributed by atoms with Crippen molar-refractivity contribution in [1.29, 1.82) is 0 Å². The summed E-state index contributed by atoms with van der Waals surface area (Å²) in [6, 6.07) is 4.07. The Labute approximate surface area is 148 Å². The predicted molar refractivity (Wildman–Crippen MR) is 87.1 cm³/mol. The van der Waals surface area contributed by atoms with Crippen LogP contribution in [0.25, 0.3) is 6.08 Å². The normalized spacial score (nSPS) is 28.8. The molecule has 0 saturated heterocycles. The summed E-state index contributed by atoms with van der Waals surface area (Å²) in [6.07, 6.45) is -2.85. The van der Waals surface area contributed by atoms with E-state index in [2.05, 4.69) is 0 Å². The first-order valence-electron chi connectivity index (χ1n) is 7.82. The zero-order chi connectivity index (χ0) is 19.5. The Hall–Kier alpha value is -2.62. The van der Waals surface area contributed by atoms with Crippen molar-refractivity contribution in [3.8, 4) is 11.5 Å². The molecule has 6 N–H and O–H groups in total. The number of aromatic hydroxyl groups is 2. The number of carbonyl (C=O) groups excluding carboxylic acids is 1. The van der Waals surface area contributed by atoms with Gasteiger partial charge in [0.15, 0.2) is 17.1 Å². The highest BCUT2D eigenvalue weighted by Crippen LogP contribution is 2.31. The molecule has 0 amide bonds. The van der Waals surface area contributed by atoms with Crippen LogP contribution in [0.15, 0.2) is 24.3 Å². The van der Waals surface area contributed by atoms with Crippen LogP contribution in [0.4, 0.5) is 0 Å². The van der Waals surface area contributed by atoms with Crippen molar-refractivity contribution in [2.75, 3.05) is 0 Å². The van der Waals surface area contributed by atoms with Crippen molar-refractivity contribution in [3.63, 3.8) is 0 Å².